The fraction of sp³-hybridized carbons (Fsp3) is 0.680. The van der Waals surface area contributed by atoms with E-state index in [1.54, 1.807) is 0 Å². The normalized spacial score (nSPS) is 33.9. The quantitative estimate of drug-likeness (QED) is 0.729. The number of rotatable bonds is 5. The summed E-state index contributed by atoms with van der Waals surface area (Å²) in [6.07, 6.45) is 5.67. The Hall–Kier alpha value is -2.28. The van der Waals surface area contributed by atoms with Gasteiger partial charge in [-0.15, -0.1) is 0 Å². The van der Waals surface area contributed by atoms with Crippen molar-refractivity contribution in [2.75, 3.05) is 26.7 Å². The molecule has 4 aliphatic carbocycles. The first-order valence-corrected chi connectivity index (χ1v) is 12.0. The van der Waals surface area contributed by atoms with Crippen LogP contribution in [0.2, 0.25) is 0 Å². The van der Waals surface area contributed by atoms with Gasteiger partial charge in [0.1, 0.15) is 5.75 Å². The monoisotopic (exact) mass is 442 g/mol. The summed E-state index contributed by atoms with van der Waals surface area (Å²) in [7, 11) is 1.92. The van der Waals surface area contributed by atoms with Gasteiger partial charge in [-0.1, -0.05) is 0 Å². The Morgan fingerprint density at radius 3 is 2.28 bits per heavy atom. The molecule has 1 saturated heterocycles. The molecule has 1 heterocycles. The molecule has 4 bridgehead atoms. The van der Waals surface area contributed by atoms with Crippen molar-refractivity contribution >= 4 is 12.0 Å². The molecule has 0 radical (unpaired) electrons. The Morgan fingerprint density at radius 2 is 1.72 bits per heavy atom. The van der Waals surface area contributed by atoms with Crippen molar-refractivity contribution in [2.45, 2.75) is 56.6 Å². The van der Waals surface area contributed by atoms with Crippen LogP contribution in [-0.4, -0.2) is 70.4 Å². The van der Waals surface area contributed by atoms with Crippen molar-refractivity contribution in [3.05, 3.63) is 29.8 Å². The number of amides is 2. The lowest BCUT2D eigenvalue weighted by Gasteiger charge is -2.59. The standard InChI is InChI=1S/C25H34N2O5/c1-26(22-19-10-17-11-20(22)14-25(31,12-17)13-19)23(28)18-2-4-21(5-3-18)32-15-16-6-8-27(9-7-16)24(29)30/h2-5,16-17,19-20,22,31H,6-15H2,1H3,(H,29,30). The van der Waals surface area contributed by atoms with Crippen LogP contribution in [0.5, 0.6) is 5.75 Å². The van der Waals surface area contributed by atoms with Crippen LogP contribution in [0, 0.1) is 23.7 Å². The van der Waals surface area contributed by atoms with E-state index in [4.69, 9.17) is 9.84 Å². The van der Waals surface area contributed by atoms with Gasteiger partial charge in [-0.2, -0.15) is 0 Å². The lowest BCUT2D eigenvalue weighted by molar-refractivity contribution is -0.152. The zero-order valence-corrected chi connectivity index (χ0v) is 18.8. The van der Waals surface area contributed by atoms with Gasteiger partial charge in [-0.25, -0.2) is 4.79 Å². The number of likely N-dealkylation sites (tertiary alicyclic amines) is 1. The van der Waals surface area contributed by atoms with Crippen LogP contribution in [0.3, 0.4) is 0 Å². The van der Waals surface area contributed by atoms with Crippen molar-refractivity contribution in [3.8, 4) is 5.75 Å². The maximum absolute atomic E-state index is 13.2. The minimum absolute atomic E-state index is 0.0436. The van der Waals surface area contributed by atoms with Crippen molar-refractivity contribution in [1.29, 1.82) is 0 Å². The van der Waals surface area contributed by atoms with Gasteiger partial charge in [0.25, 0.3) is 5.91 Å². The molecule has 0 aromatic heterocycles. The Labute approximate surface area is 189 Å². The van der Waals surface area contributed by atoms with Gasteiger partial charge in [0, 0.05) is 31.7 Å². The Kier molecular flexibility index (Phi) is 5.56. The molecule has 0 spiro atoms. The summed E-state index contributed by atoms with van der Waals surface area (Å²) in [5.74, 6) is 2.59. The Balaban J connectivity index is 1.16. The summed E-state index contributed by atoms with van der Waals surface area (Å²) in [5, 5.41) is 19.9. The zero-order valence-electron chi connectivity index (χ0n) is 18.8. The van der Waals surface area contributed by atoms with Gasteiger partial charge in [0.15, 0.2) is 0 Å². The molecule has 1 aromatic rings. The third-order valence-electron chi connectivity index (χ3n) is 8.43. The van der Waals surface area contributed by atoms with E-state index in [1.807, 2.05) is 36.2 Å². The highest BCUT2D eigenvalue weighted by Crippen LogP contribution is 2.56. The number of carboxylic acid groups (broad SMARTS) is 1. The summed E-state index contributed by atoms with van der Waals surface area (Å²) in [6.45, 7) is 1.69. The molecule has 2 amide bonds. The highest BCUT2D eigenvalue weighted by molar-refractivity contribution is 5.94. The number of carbonyl (C=O) groups is 2. The maximum Gasteiger partial charge on any atom is 0.407 e. The zero-order chi connectivity index (χ0) is 22.5. The molecule has 2 unspecified atom stereocenters. The van der Waals surface area contributed by atoms with Gasteiger partial charge in [-0.05, 0) is 92.9 Å². The lowest BCUT2D eigenvalue weighted by Crippen LogP contribution is -2.61. The second-order valence-electron chi connectivity index (χ2n) is 10.6. The van der Waals surface area contributed by atoms with Crippen LogP contribution in [0.4, 0.5) is 4.79 Å². The molecule has 5 fully saturated rings. The van der Waals surface area contributed by atoms with Gasteiger partial charge < -0.3 is 24.7 Å². The van der Waals surface area contributed by atoms with Crippen molar-refractivity contribution in [1.82, 2.24) is 9.80 Å². The molecule has 2 N–H and O–H groups in total. The highest BCUT2D eigenvalue weighted by Gasteiger charge is 2.56. The van der Waals surface area contributed by atoms with E-state index in [0.717, 1.165) is 50.7 Å². The molecular formula is C25H34N2O5. The number of piperidine rings is 1. The predicted octanol–water partition coefficient (Wildman–Crippen LogP) is 3.47. The molecule has 7 nitrogen and oxygen atoms in total. The van der Waals surface area contributed by atoms with E-state index < -0.39 is 11.7 Å². The van der Waals surface area contributed by atoms with Gasteiger partial charge in [0.05, 0.1) is 12.2 Å². The summed E-state index contributed by atoms with van der Waals surface area (Å²) < 4.78 is 5.92. The number of nitrogens with zero attached hydrogens (tertiary/aromatic N) is 2. The number of carbonyl (C=O) groups excluding carboxylic acids is 1. The molecule has 7 heteroatoms. The van der Waals surface area contributed by atoms with Crippen LogP contribution in [0.25, 0.3) is 0 Å². The summed E-state index contributed by atoms with van der Waals surface area (Å²) in [4.78, 5) is 27.6. The van der Waals surface area contributed by atoms with E-state index in [-0.39, 0.29) is 11.9 Å². The molecule has 1 aliphatic heterocycles. The molecular weight excluding hydrogens is 408 g/mol. The number of benzene rings is 1. The van der Waals surface area contributed by atoms with Gasteiger partial charge >= 0.3 is 6.09 Å². The smallest absolute Gasteiger partial charge is 0.407 e. The number of hydrogen-bond acceptors (Lipinski definition) is 4. The Bertz CT molecular complexity index is 848. The summed E-state index contributed by atoms with van der Waals surface area (Å²) >= 11 is 0. The third-order valence-corrected chi connectivity index (χ3v) is 8.43. The second-order valence-corrected chi connectivity index (χ2v) is 10.6. The fourth-order valence-corrected chi connectivity index (χ4v) is 7.12. The summed E-state index contributed by atoms with van der Waals surface area (Å²) in [5.41, 5.74) is 0.183. The first kappa shape index (κ1) is 21.6. The van der Waals surface area contributed by atoms with Crippen LogP contribution >= 0.6 is 0 Å². The first-order valence-electron chi connectivity index (χ1n) is 12.0. The first-order chi connectivity index (χ1) is 15.3. The van der Waals surface area contributed by atoms with Crippen LogP contribution in [-0.2, 0) is 0 Å². The SMILES string of the molecule is CN(C(=O)c1ccc(OCC2CCN(C(=O)O)CC2)cc1)C1C2CC3CC1CC(O)(C3)C2. The van der Waals surface area contributed by atoms with E-state index in [1.165, 1.54) is 4.90 Å². The van der Waals surface area contributed by atoms with Gasteiger partial charge in [0.2, 0.25) is 0 Å². The van der Waals surface area contributed by atoms with E-state index in [0.29, 0.717) is 48.9 Å². The fourth-order valence-electron chi connectivity index (χ4n) is 7.12. The largest absolute Gasteiger partial charge is 0.493 e. The van der Waals surface area contributed by atoms with Gasteiger partial charge in [-0.3, -0.25) is 4.79 Å². The average molecular weight is 443 g/mol. The molecule has 174 valence electrons. The van der Waals surface area contributed by atoms with Crippen LogP contribution in [0.15, 0.2) is 24.3 Å². The third kappa shape index (κ3) is 4.07. The Morgan fingerprint density at radius 1 is 1.09 bits per heavy atom. The minimum atomic E-state index is -0.848. The lowest BCUT2D eigenvalue weighted by atomic mass is 9.52. The molecule has 32 heavy (non-hydrogen) atoms. The molecule has 6 rings (SSSR count). The molecule has 5 aliphatic rings. The van der Waals surface area contributed by atoms with E-state index in [9.17, 15) is 14.7 Å². The molecule has 4 saturated carbocycles. The second kappa shape index (κ2) is 8.25. The van der Waals surface area contributed by atoms with Crippen molar-refractivity contribution < 1.29 is 24.5 Å². The van der Waals surface area contributed by atoms with Crippen LogP contribution < -0.4 is 4.74 Å². The topological polar surface area (TPSA) is 90.3 Å². The molecule has 2 atom stereocenters. The van der Waals surface area contributed by atoms with Crippen LogP contribution in [0.1, 0.15) is 55.3 Å². The number of aliphatic hydroxyl groups is 1. The maximum atomic E-state index is 13.2. The minimum Gasteiger partial charge on any atom is -0.493 e. The highest BCUT2D eigenvalue weighted by atomic mass is 16.5. The molecule has 1 aromatic carbocycles. The van der Waals surface area contributed by atoms with Crippen molar-refractivity contribution in [3.63, 3.8) is 0 Å². The predicted molar refractivity (Wildman–Crippen MR) is 119 cm³/mol. The van der Waals surface area contributed by atoms with E-state index >= 15 is 0 Å². The summed E-state index contributed by atoms with van der Waals surface area (Å²) in [6, 6.07) is 7.61. The number of ether oxygens (including phenoxy) is 1. The average Bonchev–Trinajstić information content (AvgIpc) is 2.76. The van der Waals surface area contributed by atoms with E-state index in [2.05, 4.69) is 0 Å². The number of hydrogen-bond donors (Lipinski definition) is 2. The van der Waals surface area contributed by atoms with Crippen molar-refractivity contribution in [2.24, 2.45) is 23.7 Å².